The number of aromatic nitrogens is 2. The van der Waals surface area contributed by atoms with E-state index in [0.717, 1.165) is 19.4 Å². The number of hydrogen-bond acceptors (Lipinski definition) is 4. The molecular formula is C12H20ClN3O2. The first-order valence-electron chi connectivity index (χ1n) is 6.27. The van der Waals surface area contributed by atoms with E-state index < -0.39 is 0 Å². The van der Waals surface area contributed by atoms with Gasteiger partial charge in [0.15, 0.2) is 0 Å². The molecule has 0 aliphatic rings. The number of ether oxygens (including phenoxy) is 1. The van der Waals surface area contributed by atoms with Crippen LogP contribution in [0.15, 0.2) is 11.0 Å². The zero-order valence-corrected chi connectivity index (χ0v) is 11.7. The topological polar surface area (TPSA) is 56.1 Å². The average molecular weight is 274 g/mol. The van der Waals surface area contributed by atoms with Gasteiger partial charge in [-0.3, -0.25) is 4.79 Å². The number of nitrogens with one attached hydrogen (secondary N) is 1. The zero-order chi connectivity index (χ0) is 13.4. The van der Waals surface area contributed by atoms with Crippen LogP contribution in [0.2, 0.25) is 5.02 Å². The zero-order valence-electron chi connectivity index (χ0n) is 10.9. The average Bonchev–Trinajstić information content (AvgIpc) is 2.37. The van der Waals surface area contributed by atoms with Crippen molar-refractivity contribution in [2.75, 3.05) is 25.1 Å². The lowest BCUT2D eigenvalue weighted by molar-refractivity contribution is 0.147. The van der Waals surface area contributed by atoms with Crippen LogP contribution in [0.25, 0.3) is 0 Å². The van der Waals surface area contributed by atoms with Crippen molar-refractivity contribution >= 4 is 17.3 Å². The smallest absolute Gasteiger partial charge is 0.287 e. The Bertz CT molecular complexity index is 420. The van der Waals surface area contributed by atoms with Gasteiger partial charge in [0.25, 0.3) is 5.56 Å². The second-order valence-electron chi connectivity index (χ2n) is 3.88. The highest BCUT2D eigenvalue weighted by Gasteiger charge is 2.07. The molecule has 0 spiro atoms. The minimum atomic E-state index is -0.242. The van der Waals surface area contributed by atoms with Crippen LogP contribution in [-0.2, 0) is 11.3 Å². The maximum Gasteiger partial charge on any atom is 0.287 e. The summed E-state index contributed by atoms with van der Waals surface area (Å²) < 4.78 is 6.60. The Labute approximate surface area is 112 Å². The van der Waals surface area contributed by atoms with E-state index in [4.69, 9.17) is 16.3 Å². The van der Waals surface area contributed by atoms with Gasteiger partial charge >= 0.3 is 0 Å². The standard InChI is InChI=1S/C12H20ClN3O2/c1-3-7-16-12(17)11(13)10(9-15-16)14-6-5-8-18-4-2/h9,14H,3-8H2,1-2H3. The Morgan fingerprint density at radius 3 is 2.94 bits per heavy atom. The molecule has 1 rings (SSSR count). The molecule has 0 unspecified atom stereocenters. The monoisotopic (exact) mass is 273 g/mol. The summed E-state index contributed by atoms with van der Waals surface area (Å²) in [5.41, 5.74) is 0.346. The first kappa shape index (κ1) is 15.0. The van der Waals surface area contributed by atoms with Crippen molar-refractivity contribution in [3.05, 3.63) is 21.6 Å². The Morgan fingerprint density at radius 1 is 1.50 bits per heavy atom. The van der Waals surface area contributed by atoms with Gasteiger partial charge in [-0.1, -0.05) is 18.5 Å². The molecule has 5 nitrogen and oxygen atoms in total. The molecule has 0 amide bonds. The number of anilines is 1. The van der Waals surface area contributed by atoms with E-state index in [1.165, 1.54) is 4.68 Å². The molecule has 0 aromatic carbocycles. The van der Waals surface area contributed by atoms with Crippen LogP contribution in [-0.4, -0.2) is 29.5 Å². The molecule has 0 aliphatic heterocycles. The molecule has 6 heteroatoms. The lowest BCUT2D eigenvalue weighted by Crippen LogP contribution is -2.24. The summed E-state index contributed by atoms with van der Waals surface area (Å²) in [4.78, 5) is 11.8. The molecule has 0 fully saturated rings. The van der Waals surface area contributed by atoms with Gasteiger partial charge in [0.2, 0.25) is 0 Å². The van der Waals surface area contributed by atoms with Crippen molar-refractivity contribution in [3.8, 4) is 0 Å². The number of aryl methyl sites for hydroxylation is 1. The Balaban J connectivity index is 2.57. The molecule has 0 aliphatic carbocycles. The maximum atomic E-state index is 11.8. The normalized spacial score (nSPS) is 10.6. The molecule has 102 valence electrons. The summed E-state index contributed by atoms with van der Waals surface area (Å²) in [5.74, 6) is 0. The molecule has 0 bridgehead atoms. The summed E-state index contributed by atoms with van der Waals surface area (Å²) in [5, 5.41) is 7.37. The van der Waals surface area contributed by atoms with E-state index in [2.05, 4.69) is 10.4 Å². The SMILES string of the molecule is CCCn1ncc(NCCCOCC)c(Cl)c1=O. The van der Waals surface area contributed by atoms with Crippen LogP contribution >= 0.6 is 11.6 Å². The van der Waals surface area contributed by atoms with Gasteiger partial charge in [-0.2, -0.15) is 5.10 Å². The summed E-state index contributed by atoms with van der Waals surface area (Å²) in [7, 11) is 0. The number of hydrogen-bond donors (Lipinski definition) is 1. The van der Waals surface area contributed by atoms with Gasteiger partial charge < -0.3 is 10.1 Å². The fraction of sp³-hybridized carbons (Fsp3) is 0.667. The highest BCUT2D eigenvalue weighted by molar-refractivity contribution is 6.32. The lowest BCUT2D eigenvalue weighted by atomic mass is 10.4. The third-order valence-electron chi connectivity index (χ3n) is 2.41. The number of nitrogens with zero attached hydrogens (tertiary/aromatic N) is 2. The molecular weight excluding hydrogens is 254 g/mol. The van der Waals surface area contributed by atoms with E-state index in [-0.39, 0.29) is 10.6 Å². The van der Waals surface area contributed by atoms with Gasteiger partial charge in [0.05, 0.1) is 11.9 Å². The molecule has 0 radical (unpaired) electrons. The minimum Gasteiger partial charge on any atom is -0.382 e. The van der Waals surface area contributed by atoms with Crippen molar-refractivity contribution in [1.29, 1.82) is 0 Å². The predicted octanol–water partition coefficient (Wildman–Crippen LogP) is 2.15. The molecule has 1 heterocycles. The van der Waals surface area contributed by atoms with Gasteiger partial charge in [0, 0.05) is 26.3 Å². The second kappa shape index (κ2) is 8.11. The summed E-state index contributed by atoms with van der Waals surface area (Å²) in [6, 6.07) is 0. The van der Waals surface area contributed by atoms with Gasteiger partial charge in [-0.05, 0) is 19.8 Å². The van der Waals surface area contributed by atoms with Crippen molar-refractivity contribution in [3.63, 3.8) is 0 Å². The molecule has 1 N–H and O–H groups in total. The highest BCUT2D eigenvalue weighted by Crippen LogP contribution is 2.14. The van der Waals surface area contributed by atoms with Crippen LogP contribution in [0.5, 0.6) is 0 Å². The summed E-state index contributed by atoms with van der Waals surface area (Å²) >= 11 is 6.01. The fourth-order valence-electron chi connectivity index (χ4n) is 1.50. The molecule has 1 aromatic heterocycles. The van der Waals surface area contributed by atoms with Crippen molar-refractivity contribution in [2.45, 2.75) is 33.2 Å². The molecule has 0 saturated carbocycles. The Morgan fingerprint density at radius 2 is 2.28 bits per heavy atom. The van der Waals surface area contributed by atoms with E-state index in [1.807, 2.05) is 13.8 Å². The van der Waals surface area contributed by atoms with Crippen LogP contribution in [0, 0.1) is 0 Å². The van der Waals surface area contributed by atoms with E-state index >= 15 is 0 Å². The largest absolute Gasteiger partial charge is 0.382 e. The Kier molecular flexibility index (Phi) is 6.75. The highest BCUT2D eigenvalue weighted by atomic mass is 35.5. The van der Waals surface area contributed by atoms with Crippen LogP contribution < -0.4 is 10.9 Å². The fourth-order valence-corrected chi connectivity index (χ4v) is 1.71. The van der Waals surface area contributed by atoms with Gasteiger partial charge in [0.1, 0.15) is 5.02 Å². The number of halogens is 1. The third-order valence-corrected chi connectivity index (χ3v) is 2.77. The molecule has 18 heavy (non-hydrogen) atoms. The van der Waals surface area contributed by atoms with Crippen molar-refractivity contribution < 1.29 is 4.74 Å². The lowest BCUT2D eigenvalue weighted by Gasteiger charge is -2.09. The first-order valence-corrected chi connectivity index (χ1v) is 6.65. The van der Waals surface area contributed by atoms with Gasteiger partial charge in [-0.25, -0.2) is 4.68 Å². The molecule has 1 aromatic rings. The van der Waals surface area contributed by atoms with Crippen LogP contribution in [0.1, 0.15) is 26.7 Å². The first-order chi connectivity index (χ1) is 8.70. The molecule has 0 saturated heterocycles. The van der Waals surface area contributed by atoms with Crippen molar-refractivity contribution in [1.82, 2.24) is 9.78 Å². The number of rotatable bonds is 8. The van der Waals surface area contributed by atoms with Crippen LogP contribution in [0.4, 0.5) is 5.69 Å². The molecule has 0 atom stereocenters. The quantitative estimate of drug-likeness (QED) is 0.738. The second-order valence-corrected chi connectivity index (χ2v) is 4.26. The third kappa shape index (κ3) is 4.31. The van der Waals surface area contributed by atoms with E-state index in [1.54, 1.807) is 6.20 Å². The van der Waals surface area contributed by atoms with Crippen molar-refractivity contribution in [2.24, 2.45) is 0 Å². The van der Waals surface area contributed by atoms with E-state index in [9.17, 15) is 4.79 Å². The van der Waals surface area contributed by atoms with Gasteiger partial charge in [-0.15, -0.1) is 0 Å². The summed E-state index contributed by atoms with van der Waals surface area (Å²) in [6.45, 7) is 6.65. The summed E-state index contributed by atoms with van der Waals surface area (Å²) in [6.07, 6.45) is 3.31. The van der Waals surface area contributed by atoms with E-state index in [0.29, 0.717) is 25.4 Å². The maximum absolute atomic E-state index is 11.8. The predicted molar refractivity (Wildman–Crippen MR) is 73.4 cm³/mol. The van der Waals surface area contributed by atoms with Crippen LogP contribution in [0.3, 0.4) is 0 Å². The minimum absolute atomic E-state index is 0.204. The Hall–Kier alpha value is -1.07.